The van der Waals surface area contributed by atoms with Gasteiger partial charge in [-0.2, -0.15) is 0 Å². The number of halogens is 1. The molecule has 0 aliphatic carbocycles. The van der Waals surface area contributed by atoms with Crippen molar-refractivity contribution >= 4 is 23.4 Å². The second-order valence-electron chi connectivity index (χ2n) is 8.09. The van der Waals surface area contributed by atoms with Gasteiger partial charge in [0.15, 0.2) is 0 Å². The first-order valence-corrected chi connectivity index (χ1v) is 11.0. The molecule has 5 nitrogen and oxygen atoms in total. The molecule has 0 saturated carbocycles. The number of likely N-dealkylation sites (tertiary alicyclic amines) is 1. The summed E-state index contributed by atoms with van der Waals surface area (Å²) < 4.78 is 0. The Hall–Kier alpha value is -2.37. The van der Waals surface area contributed by atoms with E-state index in [0.717, 1.165) is 13.1 Å². The molecule has 3 rings (SSSR count). The molecule has 1 saturated heterocycles. The Labute approximate surface area is 183 Å². The molecular formula is C24H30ClN3O2. The topological polar surface area (TPSA) is 61.4 Å². The van der Waals surface area contributed by atoms with Gasteiger partial charge in [0.05, 0.1) is 16.6 Å². The van der Waals surface area contributed by atoms with E-state index >= 15 is 0 Å². The molecule has 2 amide bonds. The summed E-state index contributed by atoms with van der Waals surface area (Å²) in [5.74, 6) is -0.572. The standard InChI is InChI=1S/C24H30ClN3O2/c1-17(2)22(27-23(29)19-12-6-7-13-20(19)25)24(30)26-16-21(28-14-8-9-15-28)18-10-4-3-5-11-18/h3-7,10-13,17,21-22H,8-9,14-16H2,1-2H3,(H,26,30)(H,27,29)/t21-,22+/m1/s1. The number of nitrogens with one attached hydrogen (secondary N) is 2. The molecule has 0 radical (unpaired) electrons. The summed E-state index contributed by atoms with van der Waals surface area (Å²) in [5, 5.41) is 6.31. The Balaban J connectivity index is 1.68. The van der Waals surface area contributed by atoms with Gasteiger partial charge in [-0.05, 0) is 49.5 Å². The summed E-state index contributed by atoms with van der Waals surface area (Å²) in [6.45, 7) is 6.42. The molecule has 1 heterocycles. The Kier molecular flexibility index (Phi) is 7.88. The van der Waals surface area contributed by atoms with Gasteiger partial charge in [-0.25, -0.2) is 0 Å². The molecule has 0 unspecified atom stereocenters. The summed E-state index contributed by atoms with van der Waals surface area (Å²) in [4.78, 5) is 28.1. The molecule has 0 bridgehead atoms. The Morgan fingerprint density at radius 3 is 2.27 bits per heavy atom. The summed E-state index contributed by atoms with van der Waals surface area (Å²) in [6.07, 6.45) is 2.36. The second kappa shape index (κ2) is 10.6. The molecule has 0 aromatic heterocycles. The number of hydrogen-bond acceptors (Lipinski definition) is 3. The zero-order valence-electron chi connectivity index (χ0n) is 17.6. The van der Waals surface area contributed by atoms with E-state index in [1.807, 2.05) is 32.0 Å². The maximum Gasteiger partial charge on any atom is 0.253 e. The van der Waals surface area contributed by atoms with Crippen molar-refractivity contribution in [3.8, 4) is 0 Å². The van der Waals surface area contributed by atoms with Crippen molar-refractivity contribution in [2.45, 2.75) is 38.8 Å². The highest BCUT2D eigenvalue weighted by Crippen LogP contribution is 2.24. The number of carbonyl (C=O) groups excluding carboxylic acids is 2. The molecule has 0 spiro atoms. The molecule has 6 heteroatoms. The third kappa shape index (κ3) is 5.61. The summed E-state index contributed by atoms with van der Waals surface area (Å²) in [5.41, 5.74) is 1.57. The number of nitrogens with zero attached hydrogens (tertiary/aromatic N) is 1. The van der Waals surface area contributed by atoms with Crippen molar-refractivity contribution in [2.24, 2.45) is 5.92 Å². The van der Waals surface area contributed by atoms with Crippen LogP contribution in [-0.2, 0) is 4.79 Å². The van der Waals surface area contributed by atoms with Crippen LogP contribution in [0.25, 0.3) is 0 Å². The van der Waals surface area contributed by atoms with Crippen molar-refractivity contribution in [3.63, 3.8) is 0 Å². The lowest BCUT2D eigenvalue weighted by Gasteiger charge is -2.29. The number of benzene rings is 2. The van der Waals surface area contributed by atoms with E-state index < -0.39 is 6.04 Å². The third-order valence-corrected chi connectivity index (χ3v) is 5.92. The fraction of sp³-hybridized carbons (Fsp3) is 0.417. The Bertz CT molecular complexity index is 851. The van der Waals surface area contributed by atoms with Crippen LogP contribution in [0, 0.1) is 5.92 Å². The zero-order valence-corrected chi connectivity index (χ0v) is 18.4. The van der Waals surface area contributed by atoms with Gasteiger partial charge in [0.25, 0.3) is 5.91 Å². The van der Waals surface area contributed by atoms with E-state index in [1.165, 1.54) is 18.4 Å². The smallest absolute Gasteiger partial charge is 0.253 e. The average molecular weight is 428 g/mol. The van der Waals surface area contributed by atoms with Gasteiger partial charge in [0.1, 0.15) is 6.04 Å². The van der Waals surface area contributed by atoms with Crippen molar-refractivity contribution in [3.05, 3.63) is 70.7 Å². The summed E-state index contributed by atoms with van der Waals surface area (Å²) in [6, 6.07) is 16.6. The Morgan fingerprint density at radius 1 is 1.00 bits per heavy atom. The van der Waals surface area contributed by atoms with E-state index in [4.69, 9.17) is 11.6 Å². The fourth-order valence-corrected chi connectivity index (χ4v) is 4.11. The molecule has 1 aliphatic rings. The SMILES string of the molecule is CC(C)[C@H](NC(=O)c1ccccc1Cl)C(=O)NC[C@H](c1ccccc1)N1CCCC1. The first-order valence-electron chi connectivity index (χ1n) is 10.6. The van der Waals surface area contributed by atoms with Gasteiger partial charge < -0.3 is 10.6 Å². The van der Waals surface area contributed by atoms with Crippen molar-refractivity contribution in [1.29, 1.82) is 0 Å². The minimum Gasteiger partial charge on any atom is -0.352 e. The highest BCUT2D eigenvalue weighted by Gasteiger charge is 2.28. The first kappa shape index (κ1) is 22.3. The van der Waals surface area contributed by atoms with Crippen LogP contribution in [0.2, 0.25) is 5.02 Å². The highest BCUT2D eigenvalue weighted by molar-refractivity contribution is 6.33. The van der Waals surface area contributed by atoms with Crippen LogP contribution in [0.1, 0.15) is 48.7 Å². The van der Waals surface area contributed by atoms with Crippen LogP contribution < -0.4 is 10.6 Å². The number of amides is 2. The monoisotopic (exact) mass is 427 g/mol. The fourth-order valence-electron chi connectivity index (χ4n) is 3.89. The maximum atomic E-state index is 13.0. The maximum absolute atomic E-state index is 13.0. The molecule has 2 aromatic carbocycles. The lowest BCUT2D eigenvalue weighted by atomic mass is 10.0. The van der Waals surface area contributed by atoms with Crippen molar-refractivity contribution < 1.29 is 9.59 Å². The predicted molar refractivity (Wildman–Crippen MR) is 121 cm³/mol. The summed E-state index contributed by atoms with van der Waals surface area (Å²) in [7, 11) is 0. The van der Waals surface area contributed by atoms with Crippen LogP contribution in [-0.4, -0.2) is 42.4 Å². The van der Waals surface area contributed by atoms with Crippen LogP contribution in [0.3, 0.4) is 0 Å². The lowest BCUT2D eigenvalue weighted by Crippen LogP contribution is -2.51. The van der Waals surface area contributed by atoms with E-state index in [1.54, 1.807) is 24.3 Å². The average Bonchev–Trinajstić information content (AvgIpc) is 3.27. The molecule has 30 heavy (non-hydrogen) atoms. The van der Waals surface area contributed by atoms with E-state index in [-0.39, 0.29) is 23.8 Å². The van der Waals surface area contributed by atoms with E-state index in [9.17, 15) is 9.59 Å². The van der Waals surface area contributed by atoms with Crippen LogP contribution >= 0.6 is 11.6 Å². The zero-order chi connectivity index (χ0) is 21.5. The normalized spacial score (nSPS) is 16.3. The molecule has 160 valence electrons. The van der Waals surface area contributed by atoms with Crippen LogP contribution in [0.15, 0.2) is 54.6 Å². The van der Waals surface area contributed by atoms with Gasteiger partial charge in [-0.3, -0.25) is 14.5 Å². The van der Waals surface area contributed by atoms with Crippen LogP contribution in [0.4, 0.5) is 0 Å². The van der Waals surface area contributed by atoms with Gasteiger partial charge in [0, 0.05) is 6.54 Å². The molecular weight excluding hydrogens is 398 g/mol. The third-order valence-electron chi connectivity index (χ3n) is 5.59. The lowest BCUT2D eigenvalue weighted by molar-refractivity contribution is -0.124. The first-order chi connectivity index (χ1) is 14.5. The molecule has 2 aromatic rings. The van der Waals surface area contributed by atoms with E-state index in [2.05, 4.69) is 27.7 Å². The number of hydrogen-bond donors (Lipinski definition) is 2. The van der Waals surface area contributed by atoms with Gasteiger partial charge in [-0.1, -0.05) is 67.9 Å². The van der Waals surface area contributed by atoms with Crippen molar-refractivity contribution in [2.75, 3.05) is 19.6 Å². The molecule has 1 fully saturated rings. The highest BCUT2D eigenvalue weighted by atomic mass is 35.5. The van der Waals surface area contributed by atoms with Gasteiger partial charge in [0.2, 0.25) is 5.91 Å². The predicted octanol–water partition coefficient (Wildman–Crippen LogP) is 4.05. The van der Waals surface area contributed by atoms with Gasteiger partial charge >= 0.3 is 0 Å². The number of rotatable bonds is 8. The molecule has 1 aliphatic heterocycles. The quantitative estimate of drug-likeness (QED) is 0.668. The van der Waals surface area contributed by atoms with Crippen LogP contribution in [0.5, 0.6) is 0 Å². The minimum absolute atomic E-state index is 0.0570. The van der Waals surface area contributed by atoms with E-state index in [0.29, 0.717) is 17.1 Å². The largest absolute Gasteiger partial charge is 0.352 e. The van der Waals surface area contributed by atoms with Gasteiger partial charge in [-0.15, -0.1) is 0 Å². The summed E-state index contributed by atoms with van der Waals surface area (Å²) >= 11 is 6.14. The Morgan fingerprint density at radius 2 is 1.63 bits per heavy atom. The van der Waals surface area contributed by atoms with Crippen molar-refractivity contribution in [1.82, 2.24) is 15.5 Å². The second-order valence-corrected chi connectivity index (χ2v) is 8.50. The molecule has 2 N–H and O–H groups in total. The minimum atomic E-state index is -0.635. The molecule has 2 atom stereocenters. The number of carbonyl (C=O) groups is 2.